The van der Waals surface area contributed by atoms with Crippen molar-refractivity contribution in [2.45, 2.75) is 6.92 Å². The molecule has 80 valence electrons. The maximum absolute atomic E-state index is 4.27. The van der Waals surface area contributed by atoms with E-state index in [0.29, 0.717) is 0 Å². The minimum absolute atomic E-state index is 0.748. The van der Waals surface area contributed by atoms with Crippen LogP contribution in [0.15, 0.2) is 59.8 Å². The van der Waals surface area contributed by atoms with E-state index in [-0.39, 0.29) is 0 Å². The summed E-state index contributed by atoms with van der Waals surface area (Å²) in [5.74, 6) is 0.748. The second-order valence-electron chi connectivity index (χ2n) is 3.39. The van der Waals surface area contributed by atoms with E-state index in [9.17, 15) is 0 Å². The Hall–Kier alpha value is -2.16. The number of nitrogens with zero attached hydrogens (tertiary/aromatic N) is 2. The van der Waals surface area contributed by atoms with Crippen LogP contribution in [0.3, 0.4) is 0 Å². The van der Waals surface area contributed by atoms with Gasteiger partial charge in [0.05, 0.1) is 5.71 Å². The third-order valence-corrected chi connectivity index (χ3v) is 2.19. The molecule has 0 spiro atoms. The smallest absolute Gasteiger partial charge is 0.146 e. The minimum atomic E-state index is 0.748. The SMILES string of the molecule is CC(=NNc1ccccn1)c1ccccc1. The van der Waals surface area contributed by atoms with Gasteiger partial charge in [-0.1, -0.05) is 36.4 Å². The first kappa shape index (κ1) is 10.4. The lowest BCUT2D eigenvalue weighted by Crippen LogP contribution is -2.00. The predicted octanol–water partition coefficient (Wildman–Crippen LogP) is 2.92. The lowest BCUT2D eigenvalue weighted by Gasteiger charge is -2.02. The van der Waals surface area contributed by atoms with E-state index in [1.165, 1.54) is 0 Å². The monoisotopic (exact) mass is 211 g/mol. The molecule has 0 radical (unpaired) electrons. The van der Waals surface area contributed by atoms with Crippen LogP contribution in [0, 0.1) is 0 Å². The van der Waals surface area contributed by atoms with Crippen molar-refractivity contribution in [2.75, 3.05) is 5.43 Å². The molecule has 0 amide bonds. The van der Waals surface area contributed by atoms with Crippen molar-refractivity contribution in [3.63, 3.8) is 0 Å². The van der Waals surface area contributed by atoms with Crippen molar-refractivity contribution in [1.82, 2.24) is 4.98 Å². The van der Waals surface area contributed by atoms with Crippen LogP contribution in [0.4, 0.5) is 5.82 Å². The summed E-state index contributed by atoms with van der Waals surface area (Å²) in [6.45, 7) is 1.96. The number of nitrogens with one attached hydrogen (secondary N) is 1. The van der Waals surface area contributed by atoms with Crippen LogP contribution < -0.4 is 5.43 Å². The van der Waals surface area contributed by atoms with E-state index in [0.717, 1.165) is 17.1 Å². The van der Waals surface area contributed by atoms with Gasteiger partial charge in [0.25, 0.3) is 0 Å². The number of anilines is 1. The quantitative estimate of drug-likeness (QED) is 0.626. The molecular weight excluding hydrogens is 198 g/mol. The Bertz CT molecular complexity index is 463. The average molecular weight is 211 g/mol. The van der Waals surface area contributed by atoms with E-state index in [1.807, 2.05) is 55.5 Å². The van der Waals surface area contributed by atoms with Crippen LogP contribution in [0.2, 0.25) is 0 Å². The maximum Gasteiger partial charge on any atom is 0.146 e. The molecule has 0 aliphatic heterocycles. The minimum Gasteiger partial charge on any atom is -0.261 e. The van der Waals surface area contributed by atoms with Gasteiger partial charge in [0.2, 0.25) is 0 Å². The topological polar surface area (TPSA) is 37.3 Å². The molecule has 1 heterocycles. The Balaban J connectivity index is 2.09. The van der Waals surface area contributed by atoms with Crippen LogP contribution in [-0.4, -0.2) is 10.7 Å². The standard InChI is InChI=1S/C13H13N3/c1-11(12-7-3-2-4-8-12)15-16-13-9-5-6-10-14-13/h2-10H,1H3,(H,14,16). The summed E-state index contributed by atoms with van der Waals surface area (Å²) in [5, 5.41) is 4.27. The number of pyridine rings is 1. The first-order valence-electron chi connectivity index (χ1n) is 5.13. The van der Waals surface area contributed by atoms with Crippen LogP contribution in [0.1, 0.15) is 12.5 Å². The summed E-state index contributed by atoms with van der Waals surface area (Å²) in [7, 11) is 0. The lowest BCUT2D eigenvalue weighted by molar-refractivity contribution is 1.22. The van der Waals surface area contributed by atoms with Gasteiger partial charge in [-0.2, -0.15) is 5.10 Å². The summed E-state index contributed by atoms with van der Waals surface area (Å²) >= 11 is 0. The Labute approximate surface area is 94.9 Å². The highest BCUT2D eigenvalue weighted by molar-refractivity contribution is 5.98. The Morgan fingerprint density at radius 2 is 1.81 bits per heavy atom. The van der Waals surface area contributed by atoms with E-state index in [1.54, 1.807) is 6.20 Å². The number of aromatic nitrogens is 1. The largest absolute Gasteiger partial charge is 0.261 e. The molecule has 1 aromatic heterocycles. The van der Waals surface area contributed by atoms with Gasteiger partial charge in [-0.25, -0.2) is 4.98 Å². The number of rotatable bonds is 3. The van der Waals surface area contributed by atoms with Crippen LogP contribution in [0.25, 0.3) is 0 Å². The molecule has 0 bridgehead atoms. The number of hydrazone groups is 1. The second-order valence-corrected chi connectivity index (χ2v) is 3.39. The normalized spacial score (nSPS) is 11.2. The Morgan fingerprint density at radius 3 is 2.50 bits per heavy atom. The second kappa shape index (κ2) is 5.07. The molecule has 0 saturated heterocycles. The van der Waals surface area contributed by atoms with Gasteiger partial charge in [-0.15, -0.1) is 0 Å². The number of hydrogen-bond donors (Lipinski definition) is 1. The van der Waals surface area contributed by atoms with Gasteiger partial charge in [0.15, 0.2) is 0 Å². The molecule has 0 unspecified atom stereocenters. The van der Waals surface area contributed by atoms with Gasteiger partial charge in [0.1, 0.15) is 5.82 Å². The highest BCUT2D eigenvalue weighted by Gasteiger charge is 1.95. The molecule has 0 atom stereocenters. The fraction of sp³-hybridized carbons (Fsp3) is 0.0769. The molecular formula is C13H13N3. The zero-order valence-electron chi connectivity index (χ0n) is 9.09. The number of hydrogen-bond acceptors (Lipinski definition) is 3. The first-order chi connectivity index (χ1) is 7.86. The van der Waals surface area contributed by atoms with Crippen LogP contribution in [0.5, 0.6) is 0 Å². The van der Waals surface area contributed by atoms with E-state index in [4.69, 9.17) is 0 Å². The van der Waals surface area contributed by atoms with Crippen molar-refractivity contribution < 1.29 is 0 Å². The van der Waals surface area contributed by atoms with E-state index in [2.05, 4.69) is 15.5 Å². The number of benzene rings is 1. The van der Waals surface area contributed by atoms with E-state index >= 15 is 0 Å². The predicted molar refractivity (Wildman–Crippen MR) is 66.5 cm³/mol. The third kappa shape index (κ3) is 2.67. The fourth-order valence-electron chi connectivity index (χ4n) is 1.31. The molecule has 0 aliphatic carbocycles. The van der Waals surface area contributed by atoms with Crippen molar-refractivity contribution in [2.24, 2.45) is 5.10 Å². The zero-order valence-corrected chi connectivity index (χ0v) is 9.09. The fourth-order valence-corrected chi connectivity index (χ4v) is 1.31. The summed E-state index contributed by atoms with van der Waals surface area (Å²) in [5.41, 5.74) is 4.96. The molecule has 1 aromatic carbocycles. The van der Waals surface area contributed by atoms with Crippen molar-refractivity contribution in [3.8, 4) is 0 Å². The molecule has 3 nitrogen and oxygen atoms in total. The molecule has 2 aromatic rings. The lowest BCUT2D eigenvalue weighted by atomic mass is 10.1. The molecule has 0 aliphatic rings. The molecule has 16 heavy (non-hydrogen) atoms. The third-order valence-electron chi connectivity index (χ3n) is 2.19. The van der Waals surface area contributed by atoms with Crippen molar-refractivity contribution in [1.29, 1.82) is 0 Å². The Morgan fingerprint density at radius 1 is 1.06 bits per heavy atom. The molecule has 2 rings (SSSR count). The molecule has 0 fully saturated rings. The first-order valence-corrected chi connectivity index (χ1v) is 5.13. The van der Waals surface area contributed by atoms with Crippen molar-refractivity contribution in [3.05, 3.63) is 60.3 Å². The van der Waals surface area contributed by atoms with Gasteiger partial charge in [-0.3, -0.25) is 5.43 Å². The van der Waals surface area contributed by atoms with Crippen LogP contribution in [-0.2, 0) is 0 Å². The summed E-state index contributed by atoms with van der Waals surface area (Å²) < 4.78 is 0. The highest BCUT2D eigenvalue weighted by Crippen LogP contribution is 2.03. The Kier molecular flexibility index (Phi) is 3.28. The molecule has 1 N–H and O–H groups in total. The van der Waals surface area contributed by atoms with Gasteiger partial charge in [-0.05, 0) is 24.6 Å². The van der Waals surface area contributed by atoms with Gasteiger partial charge < -0.3 is 0 Å². The van der Waals surface area contributed by atoms with Gasteiger partial charge in [0, 0.05) is 6.20 Å². The van der Waals surface area contributed by atoms with Crippen LogP contribution >= 0.6 is 0 Å². The van der Waals surface area contributed by atoms with E-state index < -0.39 is 0 Å². The maximum atomic E-state index is 4.27. The summed E-state index contributed by atoms with van der Waals surface area (Å²) in [4.78, 5) is 4.13. The summed E-state index contributed by atoms with van der Waals surface area (Å²) in [6, 6.07) is 15.7. The highest BCUT2D eigenvalue weighted by atomic mass is 15.3. The summed E-state index contributed by atoms with van der Waals surface area (Å²) in [6.07, 6.45) is 1.73. The molecule has 3 heteroatoms. The van der Waals surface area contributed by atoms with Gasteiger partial charge >= 0.3 is 0 Å². The molecule has 0 saturated carbocycles. The zero-order chi connectivity index (χ0) is 11.2. The average Bonchev–Trinajstić information content (AvgIpc) is 2.38. The van der Waals surface area contributed by atoms with Crippen molar-refractivity contribution >= 4 is 11.5 Å².